The smallest absolute Gasteiger partial charge is 0.165 e. The van der Waals surface area contributed by atoms with Crippen molar-refractivity contribution in [2.75, 3.05) is 0 Å². The van der Waals surface area contributed by atoms with Crippen LogP contribution in [0.15, 0.2) is 86.1 Å². The second-order valence-corrected chi connectivity index (χ2v) is 7.46. The largest absolute Gasteiger partial charge is 0.454 e. The minimum absolute atomic E-state index is 0.751. The molecule has 3 aromatic heterocycles. The van der Waals surface area contributed by atoms with Crippen molar-refractivity contribution >= 4 is 60.1 Å². The van der Waals surface area contributed by atoms with Gasteiger partial charge in [0.25, 0.3) is 0 Å². The Labute approximate surface area is 162 Å². The van der Waals surface area contributed by atoms with Gasteiger partial charge in [-0.2, -0.15) is 0 Å². The number of furan rings is 2. The third-order valence-corrected chi connectivity index (χ3v) is 5.42. The van der Waals surface area contributed by atoms with Crippen LogP contribution in [-0.4, -0.2) is 4.98 Å². The SMILES string of the molecule is Brc1cccc(-c2c3oc4ccccc4c3nc3c2oc2ccccc23)c1. The summed E-state index contributed by atoms with van der Waals surface area (Å²) in [6, 6.07) is 24.2. The minimum Gasteiger partial charge on any atom is -0.454 e. The van der Waals surface area contributed by atoms with E-state index in [9.17, 15) is 0 Å². The molecule has 0 aliphatic carbocycles. The topological polar surface area (TPSA) is 39.2 Å². The molecule has 6 aromatic rings. The van der Waals surface area contributed by atoms with Crippen LogP contribution in [0.4, 0.5) is 0 Å². The maximum absolute atomic E-state index is 6.24. The lowest BCUT2D eigenvalue weighted by Crippen LogP contribution is -1.84. The summed E-state index contributed by atoms with van der Waals surface area (Å²) in [7, 11) is 0. The van der Waals surface area contributed by atoms with Crippen LogP contribution >= 0.6 is 15.9 Å². The van der Waals surface area contributed by atoms with Crippen molar-refractivity contribution in [1.29, 1.82) is 0 Å². The fourth-order valence-electron chi connectivity index (χ4n) is 3.75. The van der Waals surface area contributed by atoms with Gasteiger partial charge in [-0.1, -0.05) is 52.3 Å². The molecule has 0 atom stereocenters. The summed E-state index contributed by atoms with van der Waals surface area (Å²) in [6.45, 7) is 0. The molecule has 3 aromatic carbocycles. The molecule has 0 radical (unpaired) electrons. The average Bonchev–Trinajstić information content (AvgIpc) is 3.24. The van der Waals surface area contributed by atoms with Crippen LogP contribution in [0, 0.1) is 0 Å². The Hall–Kier alpha value is -3.11. The highest BCUT2D eigenvalue weighted by Gasteiger charge is 2.22. The van der Waals surface area contributed by atoms with Crippen molar-refractivity contribution in [3.63, 3.8) is 0 Å². The Morgan fingerprint density at radius 1 is 0.667 bits per heavy atom. The number of nitrogens with zero attached hydrogens (tertiary/aromatic N) is 1. The van der Waals surface area contributed by atoms with E-state index in [2.05, 4.69) is 28.1 Å². The number of para-hydroxylation sites is 2. The Bertz CT molecular complexity index is 1400. The van der Waals surface area contributed by atoms with Crippen LogP contribution < -0.4 is 0 Å². The number of rotatable bonds is 1. The highest BCUT2D eigenvalue weighted by atomic mass is 79.9. The van der Waals surface area contributed by atoms with Gasteiger partial charge in [-0.15, -0.1) is 0 Å². The van der Waals surface area contributed by atoms with Crippen molar-refractivity contribution in [2.45, 2.75) is 0 Å². The lowest BCUT2D eigenvalue weighted by atomic mass is 10.0. The molecule has 0 saturated heterocycles. The summed E-state index contributed by atoms with van der Waals surface area (Å²) < 4.78 is 13.5. The highest BCUT2D eigenvalue weighted by molar-refractivity contribution is 9.10. The van der Waals surface area contributed by atoms with Gasteiger partial charge in [0.15, 0.2) is 11.2 Å². The first kappa shape index (κ1) is 15.0. The molecule has 0 spiro atoms. The molecule has 6 rings (SSSR count). The molecule has 0 amide bonds. The van der Waals surface area contributed by atoms with E-state index >= 15 is 0 Å². The molecule has 0 aliphatic rings. The quantitative estimate of drug-likeness (QED) is 0.283. The van der Waals surface area contributed by atoms with Gasteiger partial charge in [-0.05, 0) is 42.0 Å². The first-order valence-corrected chi connectivity index (χ1v) is 9.47. The van der Waals surface area contributed by atoms with Crippen molar-refractivity contribution in [1.82, 2.24) is 4.98 Å². The summed E-state index contributed by atoms with van der Waals surface area (Å²) in [5.41, 5.74) is 6.84. The van der Waals surface area contributed by atoms with Gasteiger partial charge in [0.1, 0.15) is 22.2 Å². The maximum atomic E-state index is 6.24. The predicted molar refractivity (Wildman–Crippen MR) is 112 cm³/mol. The molecule has 0 fully saturated rings. The molecular formula is C23H12BrNO2. The zero-order chi connectivity index (χ0) is 18.0. The summed E-state index contributed by atoms with van der Waals surface area (Å²) in [6.07, 6.45) is 0. The number of fused-ring (bicyclic) bond motifs is 6. The van der Waals surface area contributed by atoms with E-state index in [1.54, 1.807) is 0 Å². The van der Waals surface area contributed by atoms with Gasteiger partial charge in [0.2, 0.25) is 0 Å². The fraction of sp³-hybridized carbons (Fsp3) is 0. The second-order valence-electron chi connectivity index (χ2n) is 6.55. The van der Waals surface area contributed by atoms with E-state index in [1.807, 2.05) is 60.7 Å². The number of hydrogen-bond acceptors (Lipinski definition) is 3. The van der Waals surface area contributed by atoms with E-state index in [-0.39, 0.29) is 0 Å². The molecule has 3 heterocycles. The van der Waals surface area contributed by atoms with Crippen molar-refractivity contribution in [3.05, 3.63) is 77.3 Å². The van der Waals surface area contributed by atoms with Crippen molar-refractivity contribution in [2.24, 2.45) is 0 Å². The Morgan fingerprint density at radius 3 is 1.85 bits per heavy atom. The summed E-state index contributed by atoms with van der Waals surface area (Å²) in [5, 5.41) is 2.02. The van der Waals surface area contributed by atoms with E-state index in [1.165, 1.54) is 0 Å². The molecule has 0 bridgehead atoms. The van der Waals surface area contributed by atoms with Crippen LogP contribution in [0.1, 0.15) is 0 Å². The Morgan fingerprint density at radius 2 is 1.26 bits per heavy atom. The first-order chi connectivity index (χ1) is 13.3. The molecular weight excluding hydrogens is 402 g/mol. The second kappa shape index (κ2) is 5.44. The van der Waals surface area contributed by atoms with Gasteiger partial charge in [0, 0.05) is 15.2 Å². The van der Waals surface area contributed by atoms with E-state index in [0.29, 0.717) is 0 Å². The molecule has 0 saturated carbocycles. The van der Waals surface area contributed by atoms with Crippen LogP contribution in [0.5, 0.6) is 0 Å². The molecule has 4 heteroatoms. The number of pyridine rings is 1. The third-order valence-electron chi connectivity index (χ3n) is 4.93. The zero-order valence-electron chi connectivity index (χ0n) is 14.1. The standard InChI is InChI=1S/C23H12BrNO2/c24-14-7-5-6-13(12-14)19-22-20(15-8-1-3-10-17(15)26-22)25-21-16-9-2-4-11-18(16)27-23(19)21/h1-12H. The van der Waals surface area contributed by atoms with E-state index in [4.69, 9.17) is 13.8 Å². The Balaban J connectivity index is 1.90. The molecule has 0 aliphatic heterocycles. The minimum atomic E-state index is 0.751. The molecule has 0 N–H and O–H groups in total. The summed E-state index contributed by atoms with van der Waals surface area (Å²) in [4.78, 5) is 4.96. The zero-order valence-corrected chi connectivity index (χ0v) is 15.7. The summed E-state index contributed by atoms with van der Waals surface area (Å²) >= 11 is 3.58. The van der Waals surface area contributed by atoms with E-state index in [0.717, 1.165) is 59.7 Å². The number of benzene rings is 3. The molecule has 3 nitrogen and oxygen atoms in total. The average molecular weight is 414 g/mol. The normalized spacial score (nSPS) is 11.9. The molecule has 0 unspecified atom stereocenters. The predicted octanol–water partition coefficient (Wildman–Crippen LogP) is 7.31. The van der Waals surface area contributed by atoms with Crippen molar-refractivity contribution in [3.8, 4) is 11.1 Å². The van der Waals surface area contributed by atoms with Crippen molar-refractivity contribution < 1.29 is 8.83 Å². The fourth-order valence-corrected chi connectivity index (χ4v) is 4.14. The Kier molecular flexibility index (Phi) is 3.02. The number of hydrogen-bond donors (Lipinski definition) is 0. The van der Waals surface area contributed by atoms with Gasteiger partial charge in [-0.25, -0.2) is 4.98 Å². The number of aromatic nitrogens is 1. The lowest BCUT2D eigenvalue weighted by Gasteiger charge is -2.04. The van der Waals surface area contributed by atoms with Gasteiger partial charge in [0.05, 0.1) is 5.56 Å². The van der Waals surface area contributed by atoms with Gasteiger partial charge in [-0.3, -0.25) is 0 Å². The third kappa shape index (κ3) is 2.10. The first-order valence-electron chi connectivity index (χ1n) is 8.68. The van der Waals surface area contributed by atoms with Crippen LogP contribution in [0.3, 0.4) is 0 Å². The highest BCUT2D eigenvalue weighted by Crippen LogP contribution is 2.42. The van der Waals surface area contributed by atoms with Gasteiger partial charge >= 0.3 is 0 Å². The van der Waals surface area contributed by atoms with Crippen LogP contribution in [0.2, 0.25) is 0 Å². The van der Waals surface area contributed by atoms with Crippen LogP contribution in [0.25, 0.3) is 55.3 Å². The summed E-state index contributed by atoms with van der Waals surface area (Å²) in [5.74, 6) is 0. The van der Waals surface area contributed by atoms with Gasteiger partial charge < -0.3 is 8.83 Å². The molecule has 128 valence electrons. The maximum Gasteiger partial charge on any atom is 0.165 e. The molecule has 27 heavy (non-hydrogen) atoms. The van der Waals surface area contributed by atoms with Crippen LogP contribution in [-0.2, 0) is 0 Å². The number of halogens is 1. The monoisotopic (exact) mass is 413 g/mol. The van der Waals surface area contributed by atoms with E-state index < -0.39 is 0 Å². The lowest BCUT2D eigenvalue weighted by molar-refractivity contribution is 0.657.